The number of halogens is 1. The number of Topliss-reactive ketones (excluding diaryl/α,β-unsaturated/α-hetero) is 1. The lowest BCUT2D eigenvalue weighted by atomic mass is 10.2. The summed E-state index contributed by atoms with van der Waals surface area (Å²) in [6.07, 6.45) is -0.270. The molecule has 0 saturated heterocycles. The van der Waals surface area contributed by atoms with Crippen LogP contribution in [0, 0.1) is 0 Å². The Bertz CT molecular complexity index is 332. The normalized spacial score (nSPS) is 9.92. The molecule has 1 rings (SSSR count). The van der Waals surface area contributed by atoms with Gasteiger partial charge in [-0.3, -0.25) is 4.79 Å². The highest BCUT2D eigenvalue weighted by molar-refractivity contribution is 7.18. The van der Waals surface area contributed by atoms with E-state index < -0.39 is 5.97 Å². The third-order valence-corrected chi connectivity index (χ3v) is 2.68. The van der Waals surface area contributed by atoms with Crippen molar-refractivity contribution in [3.8, 4) is 0 Å². The van der Waals surface area contributed by atoms with Crippen molar-refractivity contribution in [3.63, 3.8) is 0 Å². The predicted octanol–water partition coefficient (Wildman–Crippen LogP) is 1.11. The first-order chi connectivity index (χ1) is 6.09. The molecular weight excluding hydrogens is 212 g/mol. The van der Waals surface area contributed by atoms with Gasteiger partial charge in [-0.1, -0.05) is 11.6 Å². The molecule has 0 atom stereocenters. The Kier molecular flexibility index (Phi) is 3.45. The van der Waals surface area contributed by atoms with Crippen LogP contribution in [0.1, 0.15) is 22.5 Å². The molecule has 1 aromatic heterocycles. The van der Waals surface area contributed by atoms with Crippen molar-refractivity contribution < 1.29 is 14.7 Å². The van der Waals surface area contributed by atoms with Crippen LogP contribution in [0.3, 0.4) is 0 Å². The van der Waals surface area contributed by atoms with Gasteiger partial charge < -0.3 is 9.90 Å². The fourth-order valence-electron chi connectivity index (χ4n) is 0.803. The first-order valence-electron chi connectivity index (χ1n) is 3.58. The highest BCUT2D eigenvalue weighted by Gasteiger charge is 2.07. The molecule has 0 aliphatic carbocycles. The van der Waals surface area contributed by atoms with E-state index in [1.165, 1.54) is 0 Å². The van der Waals surface area contributed by atoms with Crippen molar-refractivity contribution in [2.45, 2.75) is 12.8 Å². The van der Waals surface area contributed by atoms with E-state index in [1.54, 1.807) is 12.1 Å². The largest absolute Gasteiger partial charge is 0.550 e. The molecule has 0 unspecified atom stereocenters. The molecule has 0 fully saturated rings. The van der Waals surface area contributed by atoms with Crippen molar-refractivity contribution >= 4 is 34.7 Å². The number of carbonyl (C=O) groups is 2. The van der Waals surface area contributed by atoms with Gasteiger partial charge in [0.15, 0.2) is 5.78 Å². The summed E-state index contributed by atoms with van der Waals surface area (Å²) < 4.78 is 0.525. The first-order valence-corrected chi connectivity index (χ1v) is 4.77. The number of hydrogen-bond acceptors (Lipinski definition) is 4. The Morgan fingerprint density at radius 2 is 2.08 bits per heavy atom. The fourth-order valence-corrected chi connectivity index (χ4v) is 1.81. The van der Waals surface area contributed by atoms with Crippen molar-refractivity contribution in [1.29, 1.82) is 0 Å². The average molecular weight is 218 g/mol. The minimum atomic E-state index is -1.21. The fraction of sp³-hybridized carbons (Fsp3) is 0.250. The summed E-state index contributed by atoms with van der Waals surface area (Å²) in [5.74, 6) is -1.42. The maximum Gasteiger partial charge on any atom is 0.173 e. The van der Waals surface area contributed by atoms with Gasteiger partial charge in [-0.05, 0) is 18.6 Å². The number of ketones is 1. The van der Waals surface area contributed by atoms with Gasteiger partial charge in [-0.15, -0.1) is 11.3 Å². The average Bonchev–Trinajstić information content (AvgIpc) is 2.47. The summed E-state index contributed by atoms with van der Waals surface area (Å²) in [5, 5.41) is 10.1. The van der Waals surface area contributed by atoms with Crippen LogP contribution in [0.25, 0.3) is 0 Å². The maximum absolute atomic E-state index is 11.2. The number of carboxylic acid groups (broad SMARTS) is 1. The van der Waals surface area contributed by atoms with E-state index >= 15 is 0 Å². The summed E-state index contributed by atoms with van der Waals surface area (Å²) in [5.41, 5.74) is 0. The topological polar surface area (TPSA) is 57.2 Å². The second-order valence-electron chi connectivity index (χ2n) is 2.40. The third-order valence-electron chi connectivity index (χ3n) is 1.40. The summed E-state index contributed by atoms with van der Waals surface area (Å²) >= 11 is 6.75. The minimum Gasteiger partial charge on any atom is -0.550 e. The first kappa shape index (κ1) is 10.2. The van der Waals surface area contributed by atoms with Crippen LogP contribution in [0.4, 0.5) is 0 Å². The van der Waals surface area contributed by atoms with Crippen LogP contribution in [0.15, 0.2) is 12.1 Å². The van der Waals surface area contributed by atoms with Gasteiger partial charge in [0.05, 0.1) is 9.21 Å². The quantitative estimate of drug-likeness (QED) is 0.710. The number of aliphatic carboxylic acids is 1. The van der Waals surface area contributed by atoms with Crippen LogP contribution in [0.2, 0.25) is 4.34 Å². The Labute approximate surface area is 84.0 Å². The molecule has 1 heterocycles. The second-order valence-corrected chi connectivity index (χ2v) is 4.11. The molecule has 0 saturated carbocycles. The summed E-state index contributed by atoms with van der Waals surface area (Å²) in [6, 6.07) is 3.20. The zero-order valence-corrected chi connectivity index (χ0v) is 8.15. The summed E-state index contributed by atoms with van der Waals surface area (Å²) in [4.78, 5) is 21.8. The van der Waals surface area contributed by atoms with Crippen LogP contribution in [-0.2, 0) is 4.79 Å². The molecule has 0 N–H and O–H groups in total. The lowest BCUT2D eigenvalue weighted by Crippen LogP contribution is -2.22. The van der Waals surface area contributed by atoms with Gasteiger partial charge >= 0.3 is 0 Å². The van der Waals surface area contributed by atoms with E-state index in [4.69, 9.17) is 11.6 Å². The molecule has 0 aliphatic heterocycles. The highest BCUT2D eigenvalue weighted by Crippen LogP contribution is 2.22. The molecule has 70 valence electrons. The minimum absolute atomic E-state index is 0.0286. The molecule has 13 heavy (non-hydrogen) atoms. The van der Waals surface area contributed by atoms with Crippen molar-refractivity contribution in [1.82, 2.24) is 0 Å². The van der Waals surface area contributed by atoms with Crippen molar-refractivity contribution in [2.75, 3.05) is 0 Å². The van der Waals surface area contributed by atoms with E-state index in [-0.39, 0.29) is 18.6 Å². The number of rotatable bonds is 4. The van der Waals surface area contributed by atoms with Crippen molar-refractivity contribution in [2.24, 2.45) is 0 Å². The van der Waals surface area contributed by atoms with Gasteiger partial charge in [-0.2, -0.15) is 0 Å². The number of hydrogen-bond donors (Lipinski definition) is 0. The predicted molar refractivity (Wildman–Crippen MR) is 47.9 cm³/mol. The summed E-state index contributed by atoms with van der Waals surface area (Å²) in [7, 11) is 0. The molecule has 0 amide bonds. The van der Waals surface area contributed by atoms with Crippen LogP contribution in [0.5, 0.6) is 0 Å². The summed E-state index contributed by atoms with van der Waals surface area (Å²) in [6.45, 7) is 0. The molecule has 3 nitrogen and oxygen atoms in total. The Morgan fingerprint density at radius 1 is 1.38 bits per heavy atom. The zero-order valence-electron chi connectivity index (χ0n) is 6.58. The molecule has 0 aromatic carbocycles. The van der Waals surface area contributed by atoms with Gasteiger partial charge in [-0.25, -0.2) is 0 Å². The second kappa shape index (κ2) is 4.39. The molecular formula is C8H6ClO3S-. The third kappa shape index (κ3) is 3.16. The monoisotopic (exact) mass is 217 g/mol. The lowest BCUT2D eigenvalue weighted by Gasteiger charge is -1.98. The van der Waals surface area contributed by atoms with E-state index in [1.807, 2.05) is 0 Å². The van der Waals surface area contributed by atoms with Crippen LogP contribution in [-0.4, -0.2) is 11.8 Å². The molecule has 1 aromatic rings. The zero-order chi connectivity index (χ0) is 9.84. The number of thiophene rings is 1. The number of carboxylic acids is 1. The Balaban J connectivity index is 2.54. The van der Waals surface area contributed by atoms with E-state index in [0.29, 0.717) is 9.21 Å². The molecule has 0 bridgehead atoms. The van der Waals surface area contributed by atoms with Crippen LogP contribution < -0.4 is 5.11 Å². The van der Waals surface area contributed by atoms with E-state index in [2.05, 4.69) is 0 Å². The Hall–Kier alpha value is -0.870. The standard InChI is InChI=1S/C8H7ClO3S/c9-7-3-2-6(13-7)5(10)1-4-8(11)12/h2-3H,1,4H2,(H,11,12)/p-1. The van der Waals surface area contributed by atoms with Gasteiger partial charge in [0.2, 0.25) is 0 Å². The molecule has 0 aliphatic rings. The smallest absolute Gasteiger partial charge is 0.173 e. The highest BCUT2D eigenvalue weighted by atomic mass is 35.5. The lowest BCUT2D eigenvalue weighted by molar-refractivity contribution is -0.305. The molecule has 5 heteroatoms. The SMILES string of the molecule is O=C([O-])CCC(=O)c1ccc(Cl)s1. The molecule has 0 spiro atoms. The van der Waals surface area contributed by atoms with Gasteiger partial charge in [0, 0.05) is 12.4 Å². The van der Waals surface area contributed by atoms with Gasteiger partial charge in [0.25, 0.3) is 0 Å². The Morgan fingerprint density at radius 3 is 2.54 bits per heavy atom. The van der Waals surface area contributed by atoms with Gasteiger partial charge in [0.1, 0.15) is 0 Å². The molecule has 0 radical (unpaired) electrons. The van der Waals surface area contributed by atoms with E-state index in [0.717, 1.165) is 11.3 Å². The van der Waals surface area contributed by atoms with E-state index in [9.17, 15) is 14.7 Å². The van der Waals surface area contributed by atoms with Crippen molar-refractivity contribution in [3.05, 3.63) is 21.3 Å². The maximum atomic E-state index is 11.2. The van der Waals surface area contributed by atoms with Crippen LogP contribution >= 0.6 is 22.9 Å². The number of carbonyl (C=O) groups excluding carboxylic acids is 2.